The van der Waals surface area contributed by atoms with Crippen molar-refractivity contribution in [2.75, 3.05) is 13.2 Å². The summed E-state index contributed by atoms with van der Waals surface area (Å²) in [6, 6.07) is 0. The van der Waals surface area contributed by atoms with Gasteiger partial charge in [-0.2, -0.15) is 0 Å². The van der Waals surface area contributed by atoms with E-state index < -0.39 is 17.2 Å². The fourth-order valence-corrected chi connectivity index (χ4v) is 1.44. The summed E-state index contributed by atoms with van der Waals surface area (Å²) < 4.78 is 10.3. The molecule has 0 radical (unpaired) electrons. The molecular formula is C10H19N3O3. The van der Waals surface area contributed by atoms with E-state index in [0.29, 0.717) is 13.0 Å². The molecule has 0 aliphatic carbocycles. The van der Waals surface area contributed by atoms with Crippen LogP contribution >= 0.6 is 0 Å². The van der Waals surface area contributed by atoms with Crippen molar-refractivity contribution in [1.82, 2.24) is 5.32 Å². The molecule has 1 fully saturated rings. The number of carbonyl (C=O) groups is 1. The molecule has 1 aliphatic rings. The smallest absolute Gasteiger partial charge is 0.408 e. The summed E-state index contributed by atoms with van der Waals surface area (Å²) in [5.41, 5.74) is 4.01. The molecule has 16 heavy (non-hydrogen) atoms. The molecule has 6 nitrogen and oxygen atoms in total. The van der Waals surface area contributed by atoms with Gasteiger partial charge in [-0.15, -0.1) is 0 Å². The summed E-state index contributed by atoms with van der Waals surface area (Å²) in [7, 11) is 0. The second kappa shape index (κ2) is 4.29. The summed E-state index contributed by atoms with van der Waals surface area (Å²) in [5.74, 6) is -0.101. The largest absolute Gasteiger partial charge is 0.444 e. The van der Waals surface area contributed by atoms with Crippen LogP contribution in [0.3, 0.4) is 0 Å². The second-order valence-electron chi connectivity index (χ2n) is 4.93. The SMILES string of the molecule is CC(C)(C)OC(=O)NC1(C(=N)N)CCOC1. The summed E-state index contributed by atoms with van der Waals surface area (Å²) in [4.78, 5) is 11.6. The topological polar surface area (TPSA) is 97.4 Å². The number of amidine groups is 1. The molecule has 1 amide bonds. The maximum Gasteiger partial charge on any atom is 0.408 e. The third-order valence-corrected chi connectivity index (χ3v) is 2.28. The van der Waals surface area contributed by atoms with Crippen molar-refractivity contribution in [2.24, 2.45) is 5.73 Å². The molecule has 1 rings (SSSR count). The van der Waals surface area contributed by atoms with Gasteiger partial charge in [-0.25, -0.2) is 4.79 Å². The summed E-state index contributed by atoms with van der Waals surface area (Å²) in [6.07, 6.45) is -0.0742. The van der Waals surface area contributed by atoms with Gasteiger partial charge in [-0.1, -0.05) is 0 Å². The molecule has 92 valence electrons. The molecule has 1 aliphatic heterocycles. The first-order chi connectivity index (χ1) is 7.25. The van der Waals surface area contributed by atoms with Gasteiger partial charge in [-0.3, -0.25) is 5.41 Å². The molecule has 6 heteroatoms. The lowest BCUT2D eigenvalue weighted by Gasteiger charge is -2.29. The van der Waals surface area contributed by atoms with Gasteiger partial charge < -0.3 is 20.5 Å². The number of amides is 1. The minimum Gasteiger partial charge on any atom is -0.444 e. The average molecular weight is 229 g/mol. The fraction of sp³-hybridized carbons (Fsp3) is 0.800. The van der Waals surface area contributed by atoms with Crippen LogP contribution < -0.4 is 11.1 Å². The van der Waals surface area contributed by atoms with Crippen molar-refractivity contribution in [1.29, 1.82) is 5.41 Å². The van der Waals surface area contributed by atoms with E-state index in [1.165, 1.54) is 0 Å². The summed E-state index contributed by atoms with van der Waals surface area (Å²) in [6.45, 7) is 6.03. The highest BCUT2D eigenvalue weighted by atomic mass is 16.6. The number of rotatable bonds is 2. The van der Waals surface area contributed by atoms with Gasteiger partial charge in [0.25, 0.3) is 0 Å². The zero-order chi connectivity index (χ0) is 12.4. The number of carbonyl (C=O) groups excluding carboxylic acids is 1. The van der Waals surface area contributed by atoms with Gasteiger partial charge in [-0.05, 0) is 20.8 Å². The third kappa shape index (κ3) is 3.10. The van der Waals surface area contributed by atoms with Crippen LogP contribution in [0.15, 0.2) is 0 Å². The Kier molecular flexibility index (Phi) is 3.42. The van der Waals surface area contributed by atoms with Crippen molar-refractivity contribution in [2.45, 2.75) is 38.3 Å². The van der Waals surface area contributed by atoms with Crippen LogP contribution in [0.4, 0.5) is 4.79 Å². The standard InChI is InChI=1S/C10H19N3O3/c1-9(2,3)16-8(14)13-10(7(11)12)4-5-15-6-10/h4-6H2,1-3H3,(H3,11,12)(H,13,14). The zero-order valence-electron chi connectivity index (χ0n) is 9.92. The lowest BCUT2D eigenvalue weighted by Crippen LogP contribution is -2.58. The highest BCUT2D eigenvalue weighted by molar-refractivity contribution is 5.91. The molecule has 0 aromatic heterocycles. The minimum atomic E-state index is -0.900. The molecule has 1 heterocycles. The molecule has 1 saturated heterocycles. The predicted octanol–water partition coefficient (Wildman–Crippen LogP) is 0.606. The maximum atomic E-state index is 11.6. The normalized spacial score (nSPS) is 25.2. The molecule has 1 unspecified atom stereocenters. The number of nitrogens with one attached hydrogen (secondary N) is 2. The van der Waals surface area contributed by atoms with Gasteiger partial charge in [0.1, 0.15) is 17.0 Å². The first-order valence-electron chi connectivity index (χ1n) is 5.19. The van der Waals surface area contributed by atoms with Gasteiger partial charge in [0.2, 0.25) is 0 Å². The fourth-order valence-electron chi connectivity index (χ4n) is 1.44. The first-order valence-corrected chi connectivity index (χ1v) is 5.19. The Morgan fingerprint density at radius 2 is 2.19 bits per heavy atom. The molecule has 4 N–H and O–H groups in total. The van der Waals surface area contributed by atoms with Crippen LogP contribution in [0, 0.1) is 5.41 Å². The number of ether oxygens (including phenoxy) is 2. The summed E-state index contributed by atoms with van der Waals surface area (Å²) in [5, 5.41) is 10.1. The van der Waals surface area contributed by atoms with Crippen molar-refractivity contribution in [3.05, 3.63) is 0 Å². The predicted molar refractivity (Wildman–Crippen MR) is 59.5 cm³/mol. The minimum absolute atomic E-state index is 0.101. The first kappa shape index (κ1) is 12.8. The van der Waals surface area contributed by atoms with Crippen molar-refractivity contribution < 1.29 is 14.3 Å². The van der Waals surface area contributed by atoms with Gasteiger partial charge in [0, 0.05) is 13.0 Å². The Bertz CT molecular complexity index is 290. The van der Waals surface area contributed by atoms with Gasteiger partial charge in [0.05, 0.1) is 6.61 Å². The van der Waals surface area contributed by atoms with E-state index in [-0.39, 0.29) is 12.4 Å². The molecule has 0 aromatic rings. The molecule has 0 aromatic carbocycles. The zero-order valence-corrected chi connectivity index (χ0v) is 9.92. The molecule has 0 bridgehead atoms. The van der Waals surface area contributed by atoms with E-state index >= 15 is 0 Å². The highest BCUT2D eigenvalue weighted by Crippen LogP contribution is 2.19. The van der Waals surface area contributed by atoms with Crippen LogP contribution in [0.25, 0.3) is 0 Å². The molecule has 0 spiro atoms. The van der Waals surface area contributed by atoms with Crippen molar-refractivity contribution in [3.8, 4) is 0 Å². The Morgan fingerprint density at radius 1 is 1.56 bits per heavy atom. The van der Waals surface area contributed by atoms with Crippen LogP contribution in [0.2, 0.25) is 0 Å². The van der Waals surface area contributed by atoms with Gasteiger partial charge in [0.15, 0.2) is 0 Å². The average Bonchev–Trinajstić information content (AvgIpc) is 2.49. The number of alkyl carbamates (subject to hydrolysis) is 1. The van der Waals surface area contributed by atoms with Crippen molar-refractivity contribution >= 4 is 11.9 Å². The van der Waals surface area contributed by atoms with Crippen LogP contribution in [0.5, 0.6) is 0 Å². The Balaban J connectivity index is 2.63. The summed E-state index contributed by atoms with van der Waals surface area (Å²) >= 11 is 0. The van der Waals surface area contributed by atoms with Crippen LogP contribution in [-0.2, 0) is 9.47 Å². The highest BCUT2D eigenvalue weighted by Gasteiger charge is 2.40. The third-order valence-electron chi connectivity index (χ3n) is 2.28. The molecule has 0 saturated carbocycles. The second-order valence-corrected chi connectivity index (χ2v) is 4.93. The van der Waals surface area contributed by atoms with E-state index in [2.05, 4.69) is 5.32 Å². The van der Waals surface area contributed by atoms with Crippen LogP contribution in [0.1, 0.15) is 27.2 Å². The lowest BCUT2D eigenvalue weighted by molar-refractivity contribution is 0.0476. The monoisotopic (exact) mass is 229 g/mol. The number of nitrogens with two attached hydrogens (primary N) is 1. The van der Waals surface area contributed by atoms with E-state index in [0.717, 1.165) is 0 Å². The van der Waals surface area contributed by atoms with Crippen molar-refractivity contribution in [3.63, 3.8) is 0 Å². The van der Waals surface area contributed by atoms with E-state index in [1.54, 1.807) is 20.8 Å². The molecular weight excluding hydrogens is 210 g/mol. The maximum absolute atomic E-state index is 11.6. The Morgan fingerprint density at radius 3 is 2.56 bits per heavy atom. The van der Waals surface area contributed by atoms with E-state index in [9.17, 15) is 4.79 Å². The number of hydrogen-bond acceptors (Lipinski definition) is 4. The quantitative estimate of drug-likeness (QED) is 0.477. The lowest BCUT2D eigenvalue weighted by atomic mass is 9.98. The van der Waals surface area contributed by atoms with E-state index in [4.69, 9.17) is 20.6 Å². The van der Waals surface area contributed by atoms with Crippen LogP contribution in [-0.4, -0.2) is 36.3 Å². The molecule has 1 atom stereocenters. The number of hydrogen-bond donors (Lipinski definition) is 3. The van der Waals surface area contributed by atoms with Gasteiger partial charge >= 0.3 is 6.09 Å². The Labute approximate surface area is 95.0 Å². The Hall–Kier alpha value is -1.30. The van der Waals surface area contributed by atoms with E-state index in [1.807, 2.05) is 0 Å².